The lowest BCUT2D eigenvalue weighted by Gasteiger charge is -2.16. The van der Waals surface area contributed by atoms with Crippen molar-refractivity contribution >= 4 is 41.1 Å². The number of hydrogen-bond donors (Lipinski definition) is 2. The number of aryl methyl sites for hydroxylation is 2. The number of amidine groups is 1. The standard InChI is InChI=1S/C26H24N8O/c1-6-20(24-23(28-5)14-29-15-32-24)25(30-7-2)34-21-11-19(9-8-16(21)3)33-26(35)22-10-18(12-27)17(4)13-31-22/h6-11,13-15H,2,5H2,1,3-4H3,(H,30,34)(H,33,35)/b20-6-. The number of nitriles is 1. The molecule has 3 rings (SSSR count). The van der Waals surface area contributed by atoms with Gasteiger partial charge in [-0.15, -0.1) is 0 Å². The predicted octanol–water partition coefficient (Wildman–Crippen LogP) is 5.00. The fourth-order valence-electron chi connectivity index (χ4n) is 3.22. The Balaban J connectivity index is 1.91. The van der Waals surface area contributed by atoms with Gasteiger partial charge in [0, 0.05) is 29.3 Å². The second-order valence-corrected chi connectivity index (χ2v) is 7.38. The van der Waals surface area contributed by atoms with Crippen LogP contribution in [0.3, 0.4) is 0 Å². The second kappa shape index (κ2) is 11.2. The van der Waals surface area contributed by atoms with Crippen molar-refractivity contribution in [2.45, 2.75) is 20.8 Å². The van der Waals surface area contributed by atoms with Crippen LogP contribution in [0.5, 0.6) is 0 Å². The van der Waals surface area contributed by atoms with E-state index in [1.54, 1.807) is 25.3 Å². The summed E-state index contributed by atoms with van der Waals surface area (Å²) in [6, 6.07) is 8.96. The van der Waals surface area contributed by atoms with Gasteiger partial charge in [-0.1, -0.05) is 18.7 Å². The zero-order chi connectivity index (χ0) is 25.4. The molecular weight excluding hydrogens is 440 g/mol. The third-order valence-corrected chi connectivity index (χ3v) is 5.09. The van der Waals surface area contributed by atoms with Gasteiger partial charge in [0.2, 0.25) is 0 Å². The molecule has 3 aromatic rings. The minimum absolute atomic E-state index is 0.153. The Morgan fingerprint density at radius 2 is 1.94 bits per heavy atom. The van der Waals surface area contributed by atoms with Gasteiger partial charge in [0.15, 0.2) is 0 Å². The first-order valence-electron chi connectivity index (χ1n) is 10.6. The zero-order valence-electron chi connectivity index (χ0n) is 19.7. The number of carbonyl (C=O) groups is 1. The monoisotopic (exact) mass is 464 g/mol. The molecule has 174 valence electrons. The first-order chi connectivity index (χ1) is 16.9. The van der Waals surface area contributed by atoms with E-state index >= 15 is 0 Å². The van der Waals surface area contributed by atoms with Crippen molar-refractivity contribution in [3.05, 3.63) is 89.9 Å². The van der Waals surface area contributed by atoms with E-state index in [0.717, 1.165) is 5.56 Å². The van der Waals surface area contributed by atoms with Crippen LogP contribution in [0, 0.1) is 25.2 Å². The summed E-state index contributed by atoms with van der Waals surface area (Å²) >= 11 is 0. The van der Waals surface area contributed by atoms with Gasteiger partial charge in [0.1, 0.15) is 29.2 Å². The molecule has 9 heteroatoms. The summed E-state index contributed by atoms with van der Waals surface area (Å²) in [5.41, 5.74) is 5.18. The summed E-state index contributed by atoms with van der Waals surface area (Å²) in [5.74, 6) is 0.0599. The fraction of sp³-hybridized carbons (Fsp3) is 0.115. The van der Waals surface area contributed by atoms with Crippen molar-refractivity contribution in [2.24, 2.45) is 9.98 Å². The lowest BCUT2D eigenvalue weighted by molar-refractivity contribution is 0.102. The predicted molar refractivity (Wildman–Crippen MR) is 139 cm³/mol. The van der Waals surface area contributed by atoms with Crippen LogP contribution in [0.25, 0.3) is 5.57 Å². The minimum atomic E-state index is -0.423. The molecule has 2 N–H and O–H groups in total. The van der Waals surface area contributed by atoms with Gasteiger partial charge in [-0.3, -0.25) is 14.8 Å². The fourth-order valence-corrected chi connectivity index (χ4v) is 3.22. The van der Waals surface area contributed by atoms with Crippen LogP contribution in [-0.2, 0) is 0 Å². The quantitative estimate of drug-likeness (QED) is 0.374. The van der Waals surface area contributed by atoms with Gasteiger partial charge in [-0.25, -0.2) is 15.0 Å². The number of carbonyl (C=O) groups excluding carboxylic acids is 1. The lowest BCUT2D eigenvalue weighted by atomic mass is 10.1. The molecule has 0 fully saturated rings. The molecule has 0 saturated carbocycles. The van der Waals surface area contributed by atoms with Crippen molar-refractivity contribution in [3.63, 3.8) is 0 Å². The molecule has 0 bridgehead atoms. The van der Waals surface area contributed by atoms with Crippen LogP contribution in [-0.4, -0.2) is 33.4 Å². The van der Waals surface area contributed by atoms with Gasteiger partial charge >= 0.3 is 0 Å². The summed E-state index contributed by atoms with van der Waals surface area (Å²) in [4.78, 5) is 33.6. The number of rotatable bonds is 7. The van der Waals surface area contributed by atoms with Gasteiger partial charge in [-0.05, 0) is 56.8 Å². The summed E-state index contributed by atoms with van der Waals surface area (Å²) in [6.45, 7) is 12.9. The number of anilines is 2. The van der Waals surface area contributed by atoms with Crippen LogP contribution < -0.4 is 10.6 Å². The highest BCUT2D eigenvalue weighted by atomic mass is 16.1. The maximum atomic E-state index is 12.7. The third-order valence-electron chi connectivity index (χ3n) is 5.09. The van der Waals surface area contributed by atoms with Gasteiger partial charge in [0.25, 0.3) is 5.91 Å². The summed E-state index contributed by atoms with van der Waals surface area (Å²) in [7, 11) is 0. The SMILES string of the molecule is C=CN=C(Nc1cc(NC(=O)c2cc(C#N)c(C)cn2)ccc1C)/C(=C\C)c1ncncc1N=C. The average Bonchev–Trinajstić information content (AvgIpc) is 2.87. The molecule has 0 saturated heterocycles. The number of nitrogens with one attached hydrogen (secondary N) is 2. The summed E-state index contributed by atoms with van der Waals surface area (Å²) in [5, 5.41) is 15.4. The van der Waals surface area contributed by atoms with Crippen molar-refractivity contribution in [3.8, 4) is 6.07 Å². The Morgan fingerprint density at radius 1 is 1.14 bits per heavy atom. The highest BCUT2D eigenvalue weighted by molar-refractivity contribution is 6.29. The van der Waals surface area contributed by atoms with Crippen LogP contribution in [0.4, 0.5) is 17.1 Å². The molecule has 0 atom stereocenters. The third kappa shape index (κ3) is 5.69. The number of pyridine rings is 1. The highest BCUT2D eigenvalue weighted by Crippen LogP contribution is 2.27. The number of hydrogen-bond acceptors (Lipinski definition) is 7. The molecule has 0 aliphatic heterocycles. The molecule has 1 aromatic carbocycles. The molecule has 2 aromatic heterocycles. The van der Waals surface area contributed by atoms with E-state index in [9.17, 15) is 10.1 Å². The van der Waals surface area contributed by atoms with Crippen LogP contribution in [0.1, 0.15) is 39.8 Å². The largest absolute Gasteiger partial charge is 0.339 e. The molecule has 1 amide bonds. The van der Waals surface area contributed by atoms with E-state index < -0.39 is 5.91 Å². The van der Waals surface area contributed by atoms with Crippen molar-refractivity contribution in [1.29, 1.82) is 5.26 Å². The molecule has 9 nitrogen and oxygen atoms in total. The first kappa shape index (κ1) is 24.7. The Labute approximate surface area is 203 Å². The lowest BCUT2D eigenvalue weighted by Crippen LogP contribution is -2.17. The number of amides is 1. The minimum Gasteiger partial charge on any atom is -0.339 e. The summed E-state index contributed by atoms with van der Waals surface area (Å²) in [6.07, 6.45) is 7.78. The highest BCUT2D eigenvalue weighted by Gasteiger charge is 2.16. The van der Waals surface area contributed by atoms with E-state index in [4.69, 9.17) is 0 Å². The molecule has 0 radical (unpaired) electrons. The second-order valence-electron chi connectivity index (χ2n) is 7.38. The first-order valence-corrected chi connectivity index (χ1v) is 10.6. The Morgan fingerprint density at radius 3 is 2.63 bits per heavy atom. The molecule has 2 heterocycles. The molecule has 0 unspecified atom stereocenters. The normalized spacial score (nSPS) is 11.4. The molecule has 0 spiro atoms. The maximum Gasteiger partial charge on any atom is 0.274 e. The number of aliphatic imine (C=N–C) groups is 2. The molecule has 35 heavy (non-hydrogen) atoms. The summed E-state index contributed by atoms with van der Waals surface area (Å²) < 4.78 is 0. The number of nitrogens with zero attached hydrogens (tertiary/aromatic N) is 6. The van der Waals surface area contributed by atoms with E-state index in [1.807, 2.05) is 26.0 Å². The van der Waals surface area contributed by atoms with Gasteiger partial charge in [-0.2, -0.15) is 5.26 Å². The molecule has 0 aliphatic rings. The van der Waals surface area contributed by atoms with E-state index in [1.165, 1.54) is 24.8 Å². The number of aromatic nitrogens is 3. The van der Waals surface area contributed by atoms with Gasteiger partial charge in [0.05, 0.1) is 17.8 Å². The van der Waals surface area contributed by atoms with Crippen LogP contribution in [0.2, 0.25) is 0 Å². The van der Waals surface area contributed by atoms with E-state index in [0.29, 0.717) is 45.3 Å². The zero-order valence-corrected chi connectivity index (χ0v) is 19.7. The van der Waals surface area contributed by atoms with Crippen molar-refractivity contribution < 1.29 is 4.79 Å². The van der Waals surface area contributed by atoms with Crippen molar-refractivity contribution in [1.82, 2.24) is 15.0 Å². The Kier molecular flexibility index (Phi) is 7.93. The van der Waals surface area contributed by atoms with E-state index in [2.05, 4.69) is 54.9 Å². The smallest absolute Gasteiger partial charge is 0.274 e. The van der Waals surface area contributed by atoms with Gasteiger partial charge < -0.3 is 10.6 Å². The average molecular weight is 465 g/mol. The van der Waals surface area contributed by atoms with Crippen LogP contribution >= 0.6 is 0 Å². The number of allylic oxidation sites excluding steroid dienone is 1. The Hall–Kier alpha value is -4.97. The Bertz CT molecular complexity index is 1400. The van der Waals surface area contributed by atoms with Crippen molar-refractivity contribution in [2.75, 3.05) is 10.6 Å². The maximum absolute atomic E-state index is 12.7. The van der Waals surface area contributed by atoms with E-state index in [-0.39, 0.29) is 5.69 Å². The number of benzene rings is 1. The van der Waals surface area contributed by atoms with Crippen LogP contribution in [0.15, 0.2) is 71.8 Å². The molecular formula is C26H24N8O. The molecule has 0 aliphatic carbocycles. The topological polar surface area (TPSA) is 128 Å².